The van der Waals surface area contributed by atoms with Gasteiger partial charge in [-0.05, 0) is 42.8 Å². The lowest BCUT2D eigenvalue weighted by Gasteiger charge is -2.04. The Labute approximate surface area is 146 Å². The zero-order valence-electron chi connectivity index (χ0n) is 14.0. The van der Waals surface area contributed by atoms with Gasteiger partial charge in [0.05, 0.1) is 11.9 Å². The maximum atomic E-state index is 11.2. The van der Waals surface area contributed by atoms with Crippen molar-refractivity contribution in [1.29, 1.82) is 0 Å². The van der Waals surface area contributed by atoms with Crippen molar-refractivity contribution in [2.45, 2.75) is 19.8 Å². The van der Waals surface area contributed by atoms with Crippen LogP contribution in [0.15, 0.2) is 48.9 Å². The molecule has 0 amide bonds. The van der Waals surface area contributed by atoms with Crippen LogP contribution in [0.2, 0.25) is 0 Å². The highest BCUT2D eigenvalue weighted by Gasteiger charge is 2.08. The number of nitrogens with one attached hydrogen (secondary N) is 1. The van der Waals surface area contributed by atoms with E-state index in [2.05, 4.69) is 26.7 Å². The first-order valence-electron chi connectivity index (χ1n) is 7.90. The summed E-state index contributed by atoms with van der Waals surface area (Å²) < 4.78 is 26.6. The van der Waals surface area contributed by atoms with Crippen molar-refractivity contribution in [1.82, 2.24) is 19.7 Å². The van der Waals surface area contributed by atoms with E-state index in [4.69, 9.17) is 0 Å². The van der Waals surface area contributed by atoms with Gasteiger partial charge in [-0.25, -0.2) is 18.1 Å². The predicted octanol–water partition coefficient (Wildman–Crippen LogP) is 2.65. The van der Waals surface area contributed by atoms with Crippen molar-refractivity contribution in [3.63, 3.8) is 0 Å². The molecule has 3 rings (SSSR count). The Morgan fingerprint density at radius 2 is 1.88 bits per heavy atom. The Hall–Kier alpha value is -2.74. The lowest BCUT2D eigenvalue weighted by atomic mass is 10.2. The van der Waals surface area contributed by atoms with Crippen LogP contribution in [0.5, 0.6) is 0 Å². The number of rotatable bonds is 6. The summed E-state index contributed by atoms with van der Waals surface area (Å²) in [5.41, 5.74) is 3.24. The molecular formula is C17H19N5O2S. The first kappa shape index (κ1) is 17.1. The van der Waals surface area contributed by atoms with Gasteiger partial charge in [-0.2, -0.15) is 0 Å². The average Bonchev–Trinajstić information content (AvgIpc) is 3.05. The first-order chi connectivity index (χ1) is 11.9. The zero-order chi connectivity index (χ0) is 17.9. The molecule has 3 aromatic rings. The van der Waals surface area contributed by atoms with Crippen molar-refractivity contribution in [3.8, 4) is 17.1 Å². The second kappa shape index (κ2) is 7.02. The van der Waals surface area contributed by atoms with Crippen molar-refractivity contribution in [3.05, 3.63) is 54.6 Å². The molecule has 1 N–H and O–H groups in total. The molecule has 0 atom stereocenters. The first-order valence-corrected chi connectivity index (χ1v) is 9.79. The quantitative estimate of drug-likeness (QED) is 0.732. The third-order valence-corrected chi connectivity index (χ3v) is 4.12. The molecule has 25 heavy (non-hydrogen) atoms. The normalized spacial score (nSPS) is 11.4. The summed E-state index contributed by atoms with van der Waals surface area (Å²) in [6.45, 7) is 2.12. The van der Waals surface area contributed by atoms with Gasteiger partial charge >= 0.3 is 0 Å². The van der Waals surface area contributed by atoms with Gasteiger partial charge in [-0.1, -0.05) is 13.3 Å². The Morgan fingerprint density at radius 1 is 1.12 bits per heavy atom. The van der Waals surface area contributed by atoms with Crippen molar-refractivity contribution in [2.75, 3.05) is 11.0 Å². The molecule has 0 fully saturated rings. The number of hydrogen-bond acceptors (Lipinski definition) is 5. The SMILES string of the molecule is CCCc1cc(-n2cnc(-c3ccc(NS(C)(=O)=O)cc3)n2)ccn1. The predicted molar refractivity (Wildman–Crippen MR) is 97.1 cm³/mol. The van der Waals surface area contributed by atoms with Crippen LogP contribution >= 0.6 is 0 Å². The van der Waals surface area contributed by atoms with E-state index in [1.54, 1.807) is 41.5 Å². The van der Waals surface area contributed by atoms with Gasteiger partial charge in [0, 0.05) is 23.1 Å². The summed E-state index contributed by atoms with van der Waals surface area (Å²) in [6.07, 6.45) is 6.50. The Bertz CT molecular complexity index is 965. The molecule has 7 nitrogen and oxygen atoms in total. The summed E-state index contributed by atoms with van der Waals surface area (Å²) in [5.74, 6) is 0.569. The summed E-state index contributed by atoms with van der Waals surface area (Å²) in [6, 6.07) is 10.8. The van der Waals surface area contributed by atoms with E-state index >= 15 is 0 Å². The van der Waals surface area contributed by atoms with Crippen molar-refractivity contribution in [2.24, 2.45) is 0 Å². The molecule has 2 heterocycles. The molecule has 0 unspecified atom stereocenters. The largest absolute Gasteiger partial charge is 0.284 e. The Kier molecular flexibility index (Phi) is 4.80. The van der Waals surface area contributed by atoms with Gasteiger partial charge in [0.15, 0.2) is 5.82 Å². The maximum Gasteiger partial charge on any atom is 0.229 e. The molecule has 0 saturated heterocycles. The smallest absolute Gasteiger partial charge is 0.229 e. The number of aromatic nitrogens is 4. The molecule has 130 valence electrons. The van der Waals surface area contributed by atoms with Crippen molar-refractivity contribution < 1.29 is 8.42 Å². The highest BCUT2D eigenvalue weighted by Crippen LogP contribution is 2.19. The van der Waals surface area contributed by atoms with E-state index in [1.807, 2.05) is 12.1 Å². The standard InChI is InChI=1S/C17H19N5O2S/c1-3-4-15-11-16(9-10-18-15)22-12-19-17(20-22)13-5-7-14(8-6-13)21-25(2,23)24/h5-12,21H,3-4H2,1-2H3. The van der Waals surface area contributed by atoms with Crippen LogP contribution < -0.4 is 4.72 Å². The fourth-order valence-electron chi connectivity index (χ4n) is 2.42. The van der Waals surface area contributed by atoms with E-state index in [-0.39, 0.29) is 0 Å². The lowest BCUT2D eigenvalue weighted by Crippen LogP contribution is -2.09. The average molecular weight is 357 g/mol. The minimum Gasteiger partial charge on any atom is -0.284 e. The summed E-state index contributed by atoms with van der Waals surface area (Å²) in [5, 5.41) is 4.50. The van der Waals surface area contributed by atoms with E-state index < -0.39 is 10.0 Å². The fourth-order valence-corrected chi connectivity index (χ4v) is 2.99. The molecule has 0 aliphatic carbocycles. The van der Waals surface area contributed by atoms with Gasteiger partial charge in [-0.15, -0.1) is 5.10 Å². The third-order valence-electron chi connectivity index (χ3n) is 3.51. The van der Waals surface area contributed by atoms with Gasteiger partial charge in [0.1, 0.15) is 6.33 Å². The molecule has 0 spiro atoms. The number of benzene rings is 1. The number of hydrogen-bond donors (Lipinski definition) is 1. The summed E-state index contributed by atoms with van der Waals surface area (Å²) >= 11 is 0. The molecule has 8 heteroatoms. The Morgan fingerprint density at radius 3 is 2.56 bits per heavy atom. The molecule has 0 radical (unpaired) electrons. The van der Waals surface area contributed by atoms with Gasteiger partial charge in [-0.3, -0.25) is 9.71 Å². The molecular weight excluding hydrogens is 338 g/mol. The van der Waals surface area contributed by atoms with Crippen LogP contribution in [0.4, 0.5) is 5.69 Å². The van der Waals surface area contributed by atoms with Crippen LogP contribution in [0.3, 0.4) is 0 Å². The minimum atomic E-state index is -3.29. The van der Waals surface area contributed by atoms with Crippen molar-refractivity contribution >= 4 is 15.7 Å². The fraction of sp³-hybridized carbons (Fsp3) is 0.235. The summed E-state index contributed by atoms with van der Waals surface area (Å²) in [4.78, 5) is 8.68. The monoisotopic (exact) mass is 357 g/mol. The topological polar surface area (TPSA) is 89.8 Å². The molecule has 2 aromatic heterocycles. The molecule has 0 aliphatic heterocycles. The van der Waals surface area contributed by atoms with Crippen LogP contribution in [-0.4, -0.2) is 34.4 Å². The van der Waals surface area contributed by atoms with Gasteiger partial charge in [0.25, 0.3) is 0 Å². The highest BCUT2D eigenvalue weighted by atomic mass is 32.2. The van der Waals surface area contributed by atoms with E-state index in [1.165, 1.54) is 0 Å². The number of pyridine rings is 1. The van der Waals surface area contributed by atoms with E-state index in [0.717, 1.165) is 36.0 Å². The van der Waals surface area contributed by atoms with Crippen LogP contribution in [0, 0.1) is 0 Å². The third kappa shape index (κ3) is 4.42. The minimum absolute atomic E-state index is 0.504. The van der Waals surface area contributed by atoms with Crippen LogP contribution in [-0.2, 0) is 16.4 Å². The van der Waals surface area contributed by atoms with Crippen LogP contribution in [0.25, 0.3) is 17.1 Å². The second-order valence-corrected chi connectivity index (χ2v) is 7.47. The lowest BCUT2D eigenvalue weighted by molar-refractivity contribution is 0.607. The highest BCUT2D eigenvalue weighted by molar-refractivity contribution is 7.92. The maximum absolute atomic E-state index is 11.2. The molecule has 1 aromatic carbocycles. The summed E-state index contributed by atoms with van der Waals surface area (Å²) in [7, 11) is -3.29. The molecule has 0 bridgehead atoms. The molecule has 0 aliphatic rings. The van der Waals surface area contributed by atoms with E-state index in [0.29, 0.717) is 11.5 Å². The van der Waals surface area contributed by atoms with Gasteiger partial charge < -0.3 is 0 Å². The second-order valence-electron chi connectivity index (χ2n) is 5.72. The van der Waals surface area contributed by atoms with E-state index in [9.17, 15) is 8.42 Å². The molecule has 0 saturated carbocycles. The van der Waals surface area contributed by atoms with Gasteiger partial charge in [0.2, 0.25) is 10.0 Å². The van der Waals surface area contributed by atoms with Crippen LogP contribution in [0.1, 0.15) is 19.0 Å². The number of anilines is 1. The zero-order valence-corrected chi connectivity index (χ0v) is 14.9. The number of aryl methyl sites for hydroxylation is 1. The Balaban J connectivity index is 1.83. The number of nitrogens with zero attached hydrogens (tertiary/aromatic N) is 4. The number of sulfonamides is 1.